The van der Waals surface area contributed by atoms with E-state index in [-0.39, 0.29) is 6.04 Å². The second kappa shape index (κ2) is 7.67. The second-order valence-corrected chi connectivity index (χ2v) is 6.21. The zero-order valence-electron chi connectivity index (χ0n) is 14.7. The van der Waals surface area contributed by atoms with Crippen molar-refractivity contribution in [3.05, 3.63) is 54.5 Å². The van der Waals surface area contributed by atoms with E-state index >= 15 is 0 Å². The Hall–Kier alpha value is -2.71. The molecule has 0 bridgehead atoms. The lowest BCUT2D eigenvalue weighted by atomic mass is 10.1. The third-order valence-electron chi connectivity index (χ3n) is 4.41. The largest absolute Gasteiger partial charge is 0.465 e. The fourth-order valence-electron chi connectivity index (χ4n) is 3.09. The van der Waals surface area contributed by atoms with E-state index in [4.69, 9.17) is 9.15 Å². The first-order valence-electron chi connectivity index (χ1n) is 8.74. The Labute approximate surface area is 151 Å². The summed E-state index contributed by atoms with van der Waals surface area (Å²) in [6.07, 6.45) is 6.97. The highest BCUT2D eigenvalue weighted by atomic mass is 16.5. The number of rotatable bonds is 6. The highest BCUT2D eigenvalue weighted by Gasteiger charge is 2.25. The molecule has 0 unspecified atom stereocenters. The van der Waals surface area contributed by atoms with Crippen LogP contribution in [0.2, 0.25) is 0 Å². The van der Waals surface area contributed by atoms with Crippen LogP contribution in [0.15, 0.2) is 47.4 Å². The lowest BCUT2D eigenvalue weighted by molar-refractivity contribution is 0.0143. The number of ether oxygens (including phenoxy) is 1. The molecule has 1 fully saturated rings. The fraction of sp³-hybridized carbons (Fsp3) is 0.389. The van der Waals surface area contributed by atoms with E-state index in [1.54, 1.807) is 23.3 Å². The summed E-state index contributed by atoms with van der Waals surface area (Å²) in [5, 5.41) is 7.59. The monoisotopic (exact) mass is 354 g/mol. The van der Waals surface area contributed by atoms with Gasteiger partial charge in [-0.25, -0.2) is 9.67 Å². The summed E-state index contributed by atoms with van der Waals surface area (Å²) >= 11 is 0. The third kappa shape index (κ3) is 3.76. The van der Waals surface area contributed by atoms with Crippen molar-refractivity contribution in [1.29, 1.82) is 0 Å². The smallest absolute Gasteiger partial charge is 0.173 e. The minimum Gasteiger partial charge on any atom is -0.465 e. The summed E-state index contributed by atoms with van der Waals surface area (Å²) in [6.45, 7) is 5.88. The van der Waals surface area contributed by atoms with Crippen molar-refractivity contribution in [2.45, 2.75) is 13.0 Å². The van der Waals surface area contributed by atoms with E-state index in [0.717, 1.165) is 37.8 Å². The van der Waals surface area contributed by atoms with Crippen LogP contribution in [0.4, 0.5) is 5.82 Å². The second-order valence-electron chi connectivity index (χ2n) is 6.21. The summed E-state index contributed by atoms with van der Waals surface area (Å²) in [4.78, 5) is 11.2. The van der Waals surface area contributed by atoms with Crippen LogP contribution in [0, 0.1) is 6.92 Å². The van der Waals surface area contributed by atoms with Crippen molar-refractivity contribution in [3.8, 4) is 5.82 Å². The van der Waals surface area contributed by atoms with Crippen LogP contribution in [-0.4, -0.2) is 57.5 Å². The first kappa shape index (κ1) is 16.7. The van der Waals surface area contributed by atoms with Crippen molar-refractivity contribution in [3.63, 3.8) is 0 Å². The van der Waals surface area contributed by atoms with E-state index in [9.17, 15) is 0 Å². The van der Waals surface area contributed by atoms with Crippen LogP contribution < -0.4 is 5.32 Å². The molecule has 8 nitrogen and oxygen atoms in total. The van der Waals surface area contributed by atoms with E-state index < -0.39 is 0 Å². The molecule has 1 N–H and O–H groups in total. The molecule has 0 amide bonds. The molecule has 0 spiro atoms. The topological polar surface area (TPSA) is 81.2 Å². The molecule has 1 aliphatic rings. The molecule has 4 heterocycles. The molecule has 0 saturated carbocycles. The van der Waals surface area contributed by atoms with Gasteiger partial charge >= 0.3 is 0 Å². The molecule has 1 saturated heterocycles. The van der Waals surface area contributed by atoms with Gasteiger partial charge in [0.2, 0.25) is 0 Å². The number of nitrogens with one attached hydrogen (secondary N) is 1. The predicted octanol–water partition coefficient (Wildman–Crippen LogP) is 2.05. The van der Waals surface area contributed by atoms with Gasteiger partial charge in [0.05, 0.1) is 31.6 Å². The number of hydrogen-bond acceptors (Lipinski definition) is 7. The van der Waals surface area contributed by atoms with Gasteiger partial charge in [-0.3, -0.25) is 9.88 Å². The number of aromatic nitrogens is 4. The zero-order chi connectivity index (χ0) is 17.8. The third-order valence-corrected chi connectivity index (χ3v) is 4.41. The fourth-order valence-corrected chi connectivity index (χ4v) is 3.09. The molecule has 3 aromatic rings. The SMILES string of the molecule is Cc1ccc([C@H](CNc2cncc(-n3cccn3)n2)N2CCOCC2)o1. The van der Waals surface area contributed by atoms with Gasteiger partial charge in [0.25, 0.3) is 0 Å². The van der Waals surface area contributed by atoms with Crippen molar-refractivity contribution in [2.24, 2.45) is 0 Å². The van der Waals surface area contributed by atoms with Crippen LogP contribution in [0.5, 0.6) is 0 Å². The van der Waals surface area contributed by atoms with E-state index in [1.165, 1.54) is 0 Å². The lowest BCUT2D eigenvalue weighted by Crippen LogP contribution is -2.41. The Morgan fingerprint density at radius 1 is 1.23 bits per heavy atom. The van der Waals surface area contributed by atoms with E-state index in [2.05, 4.69) is 25.3 Å². The minimum absolute atomic E-state index is 0.114. The van der Waals surface area contributed by atoms with Gasteiger partial charge in [0, 0.05) is 32.0 Å². The standard InChI is InChI=1S/C18H22N6O2/c1-14-3-4-16(26-14)15(23-7-9-25-10-8-23)11-20-17-12-19-13-18(22-17)24-6-2-5-21-24/h2-6,12-13,15H,7-11H2,1H3,(H,20,22)/t15-/m0/s1. The molecular formula is C18H22N6O2. The summed E-state index contributed by atoms with van der Waals surface area (Å²) in [5.41, 5.74) is 0. The van der Waals surface area contributed by atoms with Crippen molar-refractivity contribution < 1.29 is 9.15 Å². The van der Waals surface area contributed by atoms with Crippen LogP contribution in [-0.2, 0) is 4.74 Å². The molecule has 4 rings (SSSR count). The number of aryl methyl sites for hydroxylation is 1. The van der Waals surface area contributed by atoms with Gasteiger partial charge in [-0.2, -0.15) is 5.10 Å². The maximum Gasteiger partial charge on any atom is 0.173 e. The number of nitrogens with zero attached hydrogens (tertiary/aromatic N) is 5. The first-order chi connectivity index (χ1) is 12.8. The Bertz CT molecular complexity index is 826. The number of anilines is 1. The van der Waals surface area contributed by atoms with Gasteiger partial charge in [0.15, 0.2) is 5.82 Å². The highest BCUT2D eigenvalue weighted by molar-refractivity contribution is 5.36. The van der Waals surface area contributed by atoms with Gasteiger partial charge in [-0.1, -0.05) is 0 Å². The molecule has 3 aromatic heterocycles. The highest BCUT2D eigenvalue weighted by Crippen LogP contribution is 2.24. The Morgan fingerprint density at radius 2 is 2.12 bits per heavy atom. The normalized spacial score (nSPS) is 16.5. The van der Waals surface area contributed by atoms with E-state index in [0.29, 0.717) is 18.2 Å². The lowest BCUT2D eigenvalue weighted by Gasteiger charge is -2.33. The Kier molecular flexibility index (Phi) is 4.94. The van der Waals surface area contributed by atoms with Gasteiger partial charge in [-0.15, -0.1) is 0 Å². The van der Waals surface area contributed by atoms with Crippen molar-refractivity contribution in [1.82, 2.24) is 24.6 Å². The van der Waals surface area contributed by atoms with Gasteiger partial charge in [0.1, 0.15) is 17.3 Å². The van der Waals surface area contributed by atoms with Gasteiger partial charge < -0.3 is 14.5 Å². The zero-order valence-corrected chi connectivity index (χ0v) is 14.7. The first-order valence-corrected chi connectivity index (χ1v) is 8.74. The Morgan fingerprint density at radius 3 is 2.85 bits per heavy atom. The molecule has 26 heavy (non-hydrogen) atoms. The van der Waals surface area contributed by atoms with Crippen LogP contribution in [0.3, 0.4) is 0 Å². The average Bonchev–Trinajstić information content (AvgIpc) is 3.35. The maximum atomic E-state index is 5.90. The summed E-state index contributed by atoms with van der Waals surface area (Å²) < 4.78 is 13.1. The summed E-state index contributed by atoms with van der Waals surface area (Å²) in [7, 11) is 0. The van der Waals surface area contributed by atoms with Crippen molar-refractivity contribution >= 4 is 5.82 Å². The number of furan rings is 1. The van der Waals surface area contributed by atoms with Crippen LogP contribution >= 0.6 is 0 Å². The van der Waals surface area contributed by atoms with Crippen molar-refractivity contribution in [2.75, 3.05) is 38.2 Å². The Balaban J connectivity index is 1.50. The maximum absolute atomic E-state index is 5.90. The molecule has 0 radical (unpaired) electrons. The van der Waals surface area contributed by atoms with Crippen LogP contribution in [0.1, 0.15) is 17.6 Å². The van der Waals surface area contributed by atoms with Crippen LogP contribution in [0.25, 0.3) is 5.82 Å². The van der Waals surface area contributed by atoms with E-state index in [1.807, 2.05) is 31.3 Å². The molecule has 0 aliphatic carbocycles. The molecule has 1 aliphatic heterocycles. The molecular weight excluding hydrogens is 332 g/mol. The predicted molar refractivity (Wildman–Crippen MR) is 96.2 cm³/mol. The minimum atomic E-state index is 0.114. The molecule has 0 aromatic carbocycles. The molecule has 136 valence electrons. The number of hydrogen-bond donors (Lipinski definition) is 1. The molecule has 8 heteroatoms. The summed E-state index contributed by atoms with van der Waals surface area (Å²) in [5.74, 6) is 3.25. The summed E-state index contributed by atoms with van der Waals surface area (Å²) in [6, 6.07) is 6.02. The quantitative estimate of drug-likeness (QED) is 0.725. The van der Waals surface area contributed by atoms with Gasteiger partial charge in [-0.05, 0) is 25.1 Å². The average molecular weight is 354 g/mol. The number of morpholine rings is 1. The molecule has 1 atom stereocenters.